The molecule has 27 heavy (non-hydrogen) atoms. The Balaban J connectivity index is 1.62. The van der Waals surface area contributed by atoms with Gasteiger partial charge in [-0.05, 0) is 37.1 Å². The van der Waals surface area contributed by atoms with Crippen molar-refractivity contribution in [2.24, 2.45) is 5.73 Å². The summed E-state index contributed by atoms with van der Waals surface area (Å²) in [5, 5.41) is 22.3. The van der Waals surface area contributed by atoms with Crippen LogP contribution >= 0.6 is 11.6 Å². The summed E-state index contributed by atoms with van der Waals surface area (Å²) in [6.07, 6.45) is 3.43. The minimum atomic E-state index is -0.607. The van der Waals surface area contributed by atoms with Crippen LogP contribution in [0.25, 0.3) is 11.2 Å². The Hall–Kier alpha value is -2.75. The number of hydroxylamine groups is 1. The fourth-order valence-electron chi connectivity index (χ4n) is 2.65. The second kappa shape index (κ2) is 6.45. The zero-order valence-corrected chi connectivity index (χ0v) is 14.9. The molecule has 1 fully saturated rings. The summed E-state index contributed by atoms with van der Waals surface area (Å²) in [6.45, 7) is 0.583. The summed E-state index contributed by atoms with van der Waals surface area (Å²) in [4.78, 5) is 11.6. The number of H-pyrrole nitrogens is 1. The van der Waals surface area contributed by atoms with E-state index in [1.165, 1.54) is 18.3 Å². The van der Waals surface area contributed by atoms with Crippen molar-refractivity contribution in [3.05, 3.63) is 46.9 Å². The van der Waals surface area contributed by atoms with Crippen molar-refractivity contribution in [1.29, 1.82) is 5.41 Å². The number of aromatic amines is 1. The van der Waals surface area contributed by atoms with Crippen LogP contribution < -0.4 is 16.1 Å². The van der Waals surface area contributed by atoms with Gasteiger partial charge in [0.05, 0.1) is 16.2 Å². The molecule has 2 aromatic heterocycles. The fourth-order valence-corrected chi connectivity index (χ4v) is 2.82. The third kappa shape index (κ3) is 3.44. The van der Waals surface area contributed by atoms with Crippen molar-refractivity contribution < 1.29 is 9.60 Å². The van der Waals surface area contributed by atoms with Crippen LogP contribution in [0.15, 0.2) is 30.5 Å². The smallest absolute Gasteiger partial charge is 0.202 e. The van der Waals surface area contributed by atoms with E-state index in [1.807, 2.05) is 0 Å². The average Bonchev–Trinajstić information content (AvgIpc) is 3.24. The molecule has 0 spiro atoms. The second-order valence-electron chi connectivity index (χ2n) is 6.62. The third-order valence-electron chi connectivity index (χ3n) is 4.51. The van der Waals surface area contributed by atoms with Crippen molar-refractivity contribution in [3.63, 3.8) is 0 Å². The van der Waals surface area contributed by atoms with Crippen LogP contribution in [-0.4, -0.2) is 38.1 Å². The number of imidazole rings is 1. The zero-order valence-electron chi connectivity index (χ0n) is 14.1. The van der Waals surface area contributed by atoms with E-state index in [1.54, 1.807) is 6.07 Å². The van der Waals surface area contributed by atoms with E-state index >= 15 is 0 Å². The Morgan fingerprint density at radius 2 is 2.22 bits per heavy atom. The van der Waals surface area contributed by atoms with Gasteiger partial charge in [-0.2, -0.15) is 4.98 Å². The van der Waals surface area contributed by atoms with E-state index in [4.69, 9.17) is 22.7 Å². The minimum Gasteiger partial charge on any atom is -0.354 e. The number of pyridine rings is 1. The lowest BCUT2D eigenvalue weighted by Crippen LogP contribution is -2.31. The molecule has 0 aliphatic heterocycles. The summed E-state index contributed by atoms with van der Waals surface area (Å²) >= 11 is 5.76. The summed E-state index contributed by atoms with van der Waals surface area (Å²) < 4.78 is 13.3. The van der Waals surface area contributed by atoms with Crippen LogP contribution in [0.5, 0.6) is 0 Å². The zero-order chi connectivity index (χ0) is 19.2. The number of hydrogen-bond donors (Lipinski definition) is 5. The van der Waals surface area contributed by atoms with Gasteiger partial charge < -0.3 is 16.0 Å². The molecule has 8 nitrogen and oxygen atoms in total. The number of hydrogen-bond acceptors (Lipinski definition) is 6. The van der Waals surface area contributed by atoms with Crippen LogP contribution in [0.3, 0.4) is 0 Å². The first kappa shape index (κ1) is 17.7. The van der Waals surface area contributed by atoms with Gasteiger partial charge in [-0.15, -0.1) is 0 Å². The predicted molar refractivity (Wildman–Crippen MR) is 101 cm³/mol. The number of nitrogens with zero attached hydrogens (tertiary/aromatic N) is 3. The van der Waals surface area contributed by atoms with Crippen LogP contribution in [-0.2, 0) is 0 Å². The van der Waals surface area contributed by atoms with Crippen molar-refractivity contribution in [3.8, 4) is 0 Å². The fraction of sp³-hybridized carbons (Fsp3) is 0.235. The number of benzene rings is 1. The van der Waals surface area contributed by atoms with Gasteiger partial charge in [-0.25, -0.2) is 14.4 Å². The molecular formula is C17H17ClFN7O. The summed E-state index contributed by atoms with van der Waals surface area (Å²) in [5.74, 6) is -0.356. The van der Waals surface area contributed by atoms with Gasteiger partial charge in [0, 0.05) is 23.8 Å². The Labute approximate surface area is 158 Å². The van der Waals surface area contributed by atoms with E-state index in [0.29, 0.717) is 34.3 Å². The van der Waals surface area contributed by atoms with Crippen LogP contribution in [0, 0.1) is 11.2 Å². The molecule has 6 N–H and O–H groups in total. The van der Waals surface area contributed by atoms with Gasteiger partial charge in [0.1, 0.15) is 5.82 Å². The summed E-state index contributed by atoms with van der Waals surface area (Å²) in [7, 11) is 0. The average molecular weight is 390 g/mol. The standard InChI is InChI=1S/C17H17ClFN7O/c18-11-7-9(1-2-12(11)19)26(27)14(20)10-3-6-22-15-13(10)24-16(25-15)23-8-17(21)4-5-17/h1-3,6-7,20,27H,4-5,8,21H2,(H2,22,23,24,25). The molecule has 0 saturated heterocycles. The first-order valence-electron chi connectivity index (χ1n) is 8.27. The molecule has 1 saturated carbocycles. The molecule has 1 aliphatic rings. The van der Waals surface area contributed by atoms with Gasteiger partial charge in [0.2, 0.25) is 5.95 Å². The Kier molecular flexibility index (Phi) is 4.22. The molecule has 0 unspecified atom stereocenters. The van der Waals surface area contributed by atoms with E-state index in [2.05, 4.69) is 20.3 Å². The number of halogens is 2. The van der Waals surface area contributed by atoms with Gasteiger partial charge >= 0.3 is 0 Å². The number of nitrogens with two attached hydrogens (primary N) is 1. The first-order chi connectivity index (χ1) is 12.9. The highest BCUT2D eigenvalue weighted by Crippen LogP contribution is 2.32. The lowest BCUT2D eigenvalue weighted by molar-refractivity contribution is 0.312. The highest BCUT2D eigenvalue weighted by Gasteiger charge is 2.38. The normalized spacial score (nSPS) is 15.0. The number of anilines is 2. The predicted octanol–water partition coefficient (Wildman–Crippen LogP) is 2.87. The molecule has 0 atom stereocenters. The maximum absolute atomic E-state index is 13.3. The number of aromatic nitrogens is 3. The van der Waals surface area contributed by atoms with Crippen molar-refractivity contribution in [1.82, 2.24) is 15.0 Å². The number of rotatable bonds is 5. The molecule has 0 amide bonds. The molecule has 1 aromatic carbocycles. The monoisotopic (exact) mass is 389 g/mol. The number of nitrogens with one attached hydrogen (secondary N) is 3. The SMILES string of the molecule is N=C(c1ccnc2nc(NCC3(N)CC3)[nH]c12)N(O)c1ccc(F)c(Cl)c1. The lowest BCUT2D eigenvalue weighted by Gasteiger charge is -2.18. The minimum absolute atomic E-state index is 0.150. The molecule has 0 bridgehead atoms. The Bertz CT molecular complexity index is 1030. The molecular weight excluding hydrogens is 373 g/mol. The number of amidine groups is 1. The van der Waals surface area contributed by atoms with E-state index in [-0.39, 0.29) is 22.1 Å². The maximum atomic E-state index is 13.3. The van der Waals surface area contributed by atoms with E-state index < -0.39 is 5.82 Å². The van der Waals surface area contributed by atoms with Gasteiger partial charge in [-0.1, -0.05) is 11.6 Å². The highest BCUT2D eigenvalue weighted by molar-refractivity contribution is 6.31. The topological polar surface area (TPSA) is 127 Å². The summed E-state index contributed by atoms with van der Waals surface area (Å²) in [5.41, 5.74) is 7.29. The molecule has 0 radical (unpaired) electrons. The molecule has 1 aliphatic carbocycles. The van der Waals surface area contributed by atoms with Crippen LogP contribution in [0.4, 0.5) is 16.0 Å². The van der Waals surface area contributed by atoms with Gasteiger partial charge in [0.15, 0.2) is 11.5 Å². The molecule has 2 heterocycles. The van der Waals surface area contributed by atoms with Crippen LogP contribution in [0.1, 0.15) is 18.4 Å². The quantitative estimate of drug-likeness (QED) is 0.259. The third-order valence-corrected chi connectivity index (χ3v) is 4.80. The number of fused-ring (bicyclic) bond motifs is 1. The lowest BCUT2D eigenvalue weighted by atomic mass is 10.2. The highest BCUT2D eigenvalue weighted by atomic mass is 35.5. The molecule has 3 aromatic rings. The summed E-state index contributed by atoms with van der Waals surface area (Å²) in [6, 6.07) is 5.26. The second-order valence-corrected chi connectivity index (χ2v) is 7.02. The van der Waals surface area contributed by atoms with Crippen molar-refractivity contribution >= 4 is 40.2 Å². The van der Waals surface area contributed by atoms with Gasteiger partial charge in [-0.3, -0.25) is 10.6 Å². The Morgan fingerprint density at radius 3 is 2.93 bits per heavy atom. The largest absolute Gasteiger partial charge is 0.354 e. The molecule has 140 valence electrons. The maximum Gasteiger partial charge on any atom is 0.202 e. The van der Waals surface area contributed by atoms with Crippen molar-refractivity contribution in [2.75, 3.05) is 16.9 Å². The van der Waals surface area contributed by atoms with Crippen molar-refractivity contribution in [2.45, 2.75) is 18.4 Å². The van der Waals surface area contributed by atoms with E-state index in [9.17, 15) is 9.60 Å². The molecule has 10 heteroatoms. The van der Waals surface area contributed by atoms with Gasteiger partial charge in [0.25, 0.3) is 0 Å². The van der Waals surface area contributed by atoms with E-state index in [0.717, 1.165) is 18.9 Å². The first-order valence-corrected chi connectivity index (χ1v) is 8.65. The Morgan fingerprint density at radius 1 is 1.44 bits per heavy atom. The molecule has 4 rings (SSSR count). The van der Waals surface area contributed by atoms with Crippen LogP contribution in [0.2, 0.25) is 5.02 Å².